The predicted octanol–water partition coefficient (Wildman–Crippen LogP) is 2.03. The third kappa shape index (κ3) is 3.57. The van der Waals surface area contributed by atoms with Crippen molar-refractivity contribution in [2.24, 2.45) is 17.8 Å². The molecule has 0 saturated heterocycles. The van der Waals surface area contributed by atoms with Gasteiger partial charge in [-0.05, 0) is 68.4 Å². The number of amides is 3. The Morgan fingerprint density at radius 3 is 2.19 bits per heavy atom. The molecule has 7 heteroatoms. The zero-order valence-electron chi connectivity index (χ0n) is 14.6. The predicted molar refractivity (Wildman–Crippen MR) is 92.1 cm³/mol. The van der Waals surface area contributed by atoms with E-state index in [-0.39, 0.29) is 5.54 Å². The van der Waals surface area contributed by atoms with Crippen LogP contribution in [0.15, 0.2) is 24.5 Å². The summed E-state index contributed by atoms with van der Waals surface area (Å²) in [4.78, 5) is 39.8. The molecule has 1 aromatic heterocycles. The van der Waals surface area contributed by atoms with Gasteiger partial charge in [0.1, 0.15) is 0 Å². The number of carbonyl (C=O) groups is 3. The molecule has 0 spiro atoms. The quantitative estimate of drug-likeness (QED) is 0.804. The van der Waals surface area contributed by atoms with E-state index in [1.54, 1.807) is 0 Å². The van der Waals surface area contributed by atoms with Gasteiger partial charge in [0.05, 0.1) is 5.56 Å². The van der Waals surface area contributed by atoms with Crippen LogP contribution in [0.3, 0.4) is 0 Å². The van der Waals surface area contributed by atoms with Gasteiger partial charge in [-0.3, -0.25) is 15.1 Å². The highest BCUT2D eigenvalue weighted by molar-refractivity contribution is 5.97. The molecule has 138 valence electrons. The highest BCUT2D eigenvalue weighted by atomic mass is 16.5. The van der Waals surface area contributed by atoms with Gasteiger partial charge >= 0.3 is 12.0 Å². The number of nitrogens with one attached hydrogen (secondary N) is 2. The third-order valence-corrected chi connectivity index (χ3v) is 5.92. The molecule has 0 unspecified atom stereocenters. The monoisotopic (exact) mass is 357 g/mol. The van der Waals surface area contributed by atoms with Crippen molar-refractivity contribution in [1.29, 1.82) is 0 Å². The minimum atomic E-state index is -0.630. The van der Waals surface area contributed by atoms with Gasteiger partial charge < -0.3 is 10.1 Å². The second-order valence-electron chi connectivity index (χ2n) is 8.01. The van der Waals surface area contributed by atoms with Gasteiger partial charge in [-0.25, -0.2) is 9.59 Å². The van der Waals surface area contributed by atoms with E-state index in [2.05, 4.69) is 15.6 Å². The van der Waals surface area contributed by atoms with Crippen LogP contribution >= 0.6 is 0 Å². The topological polar surface area (TPSA) is 97.4 Å². The van der Waals surface area contributed by atoms with Gasteiger partial charge in [0.15, 0.2) is 6.61 Å². The van der Waals surface area contributed by atoms with Crippen LogP contribution < -0.4 is 10.6 Å². The minimum absolute atomic E-state index is 0.160. The number of pyridine rings is 1. The lowest BCUT2D eigenvalue weighted by molar-refractivity contribution is -0.123. The van der Waals surface area contributed by atoms with Crippen molar-refractivity contribution in [3.63, 3.8) is 0 Å². The molecule has 0 aromatic carbocycles. The standard InChI is InChI=1S/C19H23N3O4/c23-16(11-26-17(24)15-1-3-20-4-2-15)21-18(25)22-19-8-12-5-13(9-19)7-14(6-12)10-19/h1-4,12-14H,5-11H2,(H2,21,22,23,25). The molecule has 4 fully saturated rings. The molecule has 5 rings (SSSR count). The van der Waals surface area contributed by atoms with Crippen molar-refractivity contribution in [3.8, 4) is 0 Å². The molecule has 4 saturated carbocycles. The largest absolute Gasteiger partial charge is 0.452 e. The van der Waals surface area contributed by atoms with E-state index in [0.717, 1.165) is 19.3 Å². The van der Waals surface area contributed by atoms with Crippen LogP contribution in [0.5, 0.6) is 0 Å². The van der Waals surface area contributed by atoms with Crippen LogP contribution in [-0.2, 0) is 9.53 Å². The molecular weight excluding hydrogens is 334 g/mol. The fraction of sp³-hybridized carbons (Fsp3) is 0.579. The average Bonchev–Trinajstić information content (AvgIpc) is 2.58. The molecule has 0 radical (unpaired) electrons. The maximum Gasteiger partial charge on any atom is 0.338 e. The van der Waals surface area contributed by atoms with Crippen LogP contribution in [0.1, 0.15) is 48.9 Å². The molecule has 0 atom stereocenters. The highest BCUT2D eigenvalue weighted by Gasteiger charge is 2.51. The maximum absolute atomic E-state index is 12.3. The number of rotatable bonds is 4. The van der Waals surface area contributed by atoms with E-state index in [1.807, 2.05) is 0 Å². The number of hydrogen-bond acceptors (Lipinski definition) is 5. The Kier molecular flexibility index (Phi) is 4.38. The van der Waals surface area contributed by atoms with Gasteiger partial charge in [0.2, 0.25) is 0 Å². The summed E-state index contributed by atoms with van der Waals surface area (Å²) >= 11 is 0. The Hall–Kier alpha value is -2.44. The Morgan fingerprint density at radius 1 is 1.04 bits per heavy atom. The molecular formula is C19H23N3O4. The Balaban J connectivity index is 1.26. The van der Waals surface area contributed by atoms with Crippen LogP contribution in [0.4, 0.5) is 4.79 Å². The van der Waals surface area contributed by atoms with Crippen LogP contribution in [-0.4, -0.2) is 35.0 Å². The Labute approximate surface area is 151 Å². The second kappa shape index (κ2) is 6.70. The summed E-state index contributed by atoms with van der Waals surface area (Å²) in [7, 11) is 0. The third-order valence-electron chi connectivity index (χ3n) is 5.92. The van der Waals surface area contributed by atoms with E-state index in [4.69, 9.17) is 4.74 Å². The van der Waals surface area contributed by atoms with Crippen LogP contribution in [0, 0.1) is 17.8 Å². The average molecular weight is 357 g/mol. The van der Waals surface area contributed by atoms with Gasteiger partial charge in [-0.15, -0.1) is 0 Å². The lowest BCUT2D eigenvalue weighted by atomic mass is 9.53. The first-order valence-corrected chi connectivity index (χ1v) is 9.20. The van der Waals surface area contributed by atoms with E-state index in [0.29, 0.717) is 23.3 Å². The Bertz CT molecular complexity index is 683. The first kappa shape index (κ1) is 17.0. The van der Waals surface area contributed by atoms with Crippen molar-refractivity contribution in [2.75, 3.05) is 6.61 Å². The first-order chi connectivity index (χ1) is 12.5. The van der Waals surface area contributed by atoms with Crippen molar-refractivity contribution in [3.05, 3.63) is 30.1 Å². The summed E-state index contributed by atoms with van der Waals surface area (Å²) in [6.45, 7) is -0.491. The summed E-state index contributed by atoms with van der Waals surface area (Å²) in [5.74, 6) is 0.870. The minimum Gasteiger partial charge on any atom is -0.452 e. The number of nitrogens with zero attached hydrogens (tertiary/aromatic N) is 1. The van der Waals surface area contributed by atoms with E-state index in [9.17, 15) is 14.4 Å². The van der Waals surface area contributed by atoms with Crippen molar-refractivity contribution < 1.29 is 19.1 Å². The van der Waals surface area contributed by atoms with Gasteiger partial charge in [-0.2, -0.15) is 0 Å². The Morgan fingerprint density at radius 2 is 1.62 bits per heavy atom. The molecule has 7 nitrogen and oxygen atoms in total. The molecule has 0 aliphatic heterocycles. The van der Waals surface area contributed by atoms with E-state index in [1.165, 1.54) is 43.8 Å². The molecule has 3 amide bonds. The fourth-order valence-electron chi connectivity index (χ4n) is 5.40. The van der Waals surface area contributed by atoms with E-state index < -0.39 is 24.5 Å². The number of hydrogen-bond donors (Lipinski definition) is 2. The summed E-state index contributed by atoms with van der Waals surface area (Å²) in [5.41, 5.74) is 0.151. The molecule has 4 aliphatic rings. The highest BCUT2D eigenvalue weighted by Crippen LogP contribution is 2.55. The fourth-order valence-corrected chi connectivity index (χ4v) is 5.40. The molecule has 4 bridgehead atoms. The van der Waals surface area contributed by atoms with Crippen molar-refractivity contribution in [1.82, 2.24) is 15.6 Å². The van der Waals surface area contributed by atoms with Crippen LogP contribution in [0.25, 0.3) is 0 Å². The van der Waals surface area contributed by atoms with E-state index >= 15 is 0 Å². The summed E-state index contributed by atoms with van der Waals surface area (Å²) in [5, 5.41) is 5.34. The summed E-state index contributed by atoms with van der Waals surface area (Å²) in [6.07, 6.45) is 9.82. The molecule has 2 N–H and O–H groups in total. The number of aromatic nitrogens is 1. The smallest absolute Gasteiger partial charge is 0.338 e. The zero-order chi connectivity index (χ0) is 18.1. The van der Waals surface area contributed by atoms with Crippen molar-refractivity contribution >= 4 is 17.9 Å². The SMILES string of the molecule is O=C(COC(=O)c1ccncc1)NC(=O)NC12CC3CC(CC(C3)C1)C2. The molecule has 4 aliphatic carbocycles. The lowest BCUT2D eigenvalue weighted by Crippen LogP contribution is -2.62. The van der Waals surface area contributed by atoms with Crippen molar-refractivity contribution in [2.45, 2.75) is 44.1 Å². The molecule has 1 aromatic rings. The number of ether oxygens (including phenoxy) is 1. The molecule has 26 heavy (non-hydrogen) atoms. The van der Waals surface area contributed by atoms with Gasteiger partial charge in [0, 0.05) is 17.9 Å². The van der Waals surface area contributed by atoms with Crippen LogP contribution in [0.2, 0.25) is 0 Å². The summed E-state index contributed by atoms with van der Waals surface area (Å²) in [6, 6.07) is 2.51. The maximum atomic E-state index is 12.3. The number of carbonyl (C=O) groups excluding carboxylic acids is 3. The number of esters is 1. The van der Waals surface area contributed by atoms with Gasteiger partial charge in [-0.1, -0.05) is 0 Å². The second-order valence-corrected chi connectivity index (χ2v) is 8.01. The lowest BCUT2D eigenvalue weighted by Gasteiger charge is -2.56. The molecule has 1 heterocycles. The zero-order valence-corrected chi connectivity index (χ0v) is 14.6. The number of urea groups is 1. The van der Waals surface area contributed by atoms with Gasteiger partial charge in [0.25, 0.3) is 5.91 Å². The summed E-state index contributed by atoms with van der Waals surface area (Å²) < 4.78 is 4.93. The number of imide groups is 1. The first-order valence-electron chi connectivity index (χ1n) is 9.20. The normalized spacial score (nSPS) is 31.3.